The van der Waals surface area contributed by atoms with Crippen LogP contribution in [0.5, 0.6) is 0 Å². The van der Waals surface area contributed by atoms with E-state index >= 15 is 0 Å². The normalized spacial score (nSPS) is 24.6. The van der Waals surface area contributed by atoms with Gasteiger partial charge in [0.1, 0.15) is 5.54 Å². The number of carbonyl (C=O) groups is 2. The third-order valence-electron chi connectivity index (χ3n) is 4.84. The molecule has 0 aromatic rings. The van der Waals surface area contributed by atoms with Crippen molar-refractivity contribution >= 4 is 12.0 Å². The van der Waals surface area contributed by atoms with E-state index in [-0.39, 0.29) is 11.6 Å². The van der Waals surface area contributed by atoms with Crippen LogP contribution in [0.15, 0.2) is 0 Å². The fourth-order valence-corrected chi connectivity index (χ4v) is 3.53. The summed E-state index contributed by atoms with van der Waals surface area (Å²) in [6, 6.07) is -0.321. The number of carboxylic acids is 1. The molecular formula is C15H26N2O3. The van der Waals surface area contributed by atoms with E-state index in [1.807, 2.05) is 6.92 Å². The van der Waals surface area contributed by atoms with Gasteiger partial charge in [0, 0.05) is 5.54 Å². The molecule has 5 heteroatoms. The molecule has 0 bridgehead atoms. The van der Waals surface area contributed by atoms with Crippen LogP contribution in [0.3, 0.4) is 0 Å². The zero-order valence-corrected chi connectivity index (χ0v) is 12.3. The van der Waals surface area contributed by atoms with Crippen molar-refractivity contribution in [2.45, 2.75) is 82.2 Å². The van der Waals surface area contributed by atoms with Gasteiger partial charge in [0.05, 0.1) is 0 Å². The van der Waals surface area contributed by atoms with Crippen LogP contribution in [-0.2, 0) is 4.79 Å². The Kier molecular flexibility index (Phi) is 4.55. The number of nitrogens with one attached hydrogen (secondary N) is 2. The number of hydrogen-bond acceptors (Lipinski definition) is 2. The molecule has 0 atom stereocenters. The Morgan fingerprint density at radius 2 is 1.35 bits per heavy atom. The maximum Gasteiger partial charge on any atom is 0.329 e. The third-order valence-corrected chi connectivity index (χ3v) is 4.84. The number of urea groups is 1. The number of hydrogen-bond donors (Lipinski definition) is 3. The van der Waals surface area contributed by atoms with Crippen LogP contribution in [-0.4, -0.2) is 28.2 Å². The van der Waals surface area contributed by atoms with Crippen molar-refractivity contribution in [1.29, 1.82) is 0 Å². The predicted molar refractivity (Wildman–Crippen MR) is 76.6 cm³/mol. The van der Waals surface area contributed by atoms with E-state index in [9.17, 15) is 14.7 Å². The summed E-state index contributed by atoms with van der Waals surface area (Å²) in [5.41, 5.74) is -1.25. The van der Waals surface area contributed by atoms with E-state index in [4.69, 9.17) is 0 Å². The SMILES string of the molecule is CC1(NC(=O)NC2(C(=O)O)CCCCCC2)CCCC1. The Morgan fingerprint density at radius 3 is 1.85 bits per heavy atom. The maximum absolute atomic E-state index is 12.2. The van der Waals surface area contributed by atoms with E-state index in [1.165, 1.54) is 0 Å². The van der Waals surface area contributed by atoms with Gasteiger partial charge in [-0.25, -0.2) is 9.59 Å². The molecule has 2 aliphatic rings. The molecule has 0 spiro atoms. The molecule has 2 aliphatic carbocycles. The summed E-state index contributed by atoms with van der Waals surface area (Å²) in [5, 5.41) is 15.3. The highest BCUT2D eigenvalue weighted by Crippen LogP contribution is 2.30. The molecule has 114 valence electrons. The van der Waals surface area contributed by atoms with Gasteiger partial charge in [-0.3, -0.25) is 0 Å². The van der Waals surface area contributed by atoms with Crippen LogP contribution in [0.4, 0.5) is 4.79 Å². The first-order valence-corrected chi connectivity index (χ1v) is 7.80. The van der Waals surface area contributed by atoms with Crippen LogP contribution in [0.2, 0.25) is 0 Å². The number of amides is 2. The van der Waals surface area contributed by atoms with Crippen molar-refractivity contribution in [2.24, 2.45) is 0 Å². The van der Waals surface area contributed by atoms with Crippen molar-refractivity contribution in [2.75, 3.05) is 0 Å². The van der Waals surface area contributed by atoms with Gasteiger partial charge in [0.15, 0.2) is 0 Å². The van der Waals surface area contributed by atoms with E-state index < -0.39 is 11.5 Å². The smallest absolute Gasteiger partial charge is 0.329 e. The van der Waals surface area contributed by atoms with Crippen LogP contribution in [0.25, 0.3) is 0 Å². The van der Waals surface area contributed by atoms with Gasteiger partial charge in [-0.2, -0.15) is 0 Å². The predicted octanol–water partition coefficient (Wildman–Crippen LogP) is 2.80. The van der Waals surface area contributed by atoms with Gasteiger partial charge in [-0.15, -0.1) is 0 Å². The molecular weight excluding hydrogens is 256 g/mol. The first-order valence-electron chi connectivity index (χ1n) is 7.80. The molecule has 20 heavy (non-hydrogen) atoms. The summed E-state index contributed by atoms with van der Waals surface area (Å²) in [5.74, 6) is -0.897. The van der Waals surface area contributed by atoms with Crippen molar-refractivity contribution in [3.05, 3.63) is 0 Å². The van der Waals surface area contributed by atoms with E-state index in [0.29, 0.717) is 12.8 Å². The van der Waals surface area contributed by atoms with Crippen LogP contribution >= 0.6 is 0 Å². The lowest BCUT2D eigenvalue weighted by Crippen LogP contribution is -2.59. The Bertz CT molecular complexity index is 367. The summed E-state index contributed by atoms with van der Waals surface area (Å²) >= 11 is 0. The Morgan fingerprint density at radius 1 is 0.850 bits per heavy atom. The van der Waals surface area contributed by atoms with Gasteiger partial charge < -0.3 is 15.7 Å². The second-order valence-corrected chi connectivity index (χ2v) is 6.65. The summed E-state index contributed by atoms with van der Waals surface area (Å²) < 4.78 is 0. The molecule has 0 aromatic carbocycles. The lowest BCUT2D eigenvalue weighted by molar-refractivity contribution is -0.145. The minimum Gasteiger partial charge on any atom is -0.480 e. The fraction of sp³-hybridized carbons (Fsp3) is 0.867. The van der Waals surface area contributed by atoms with E-state index in [0.717, 1.165) is 51.4 Å². The van der Waals surface area contributed by atoms with Crippen LogP contribution < -0.4 is 10.6 Å². The molecule has 0 aliphatic heterocycles. The third kappa shape index (κ3) is 3.44. The number of carboxylic acid groups (broad SMARTS) is 1. The highest BCUT2D eigenvalue weighted by Gasteiger charge is 2.41. The zero-order valence-electron chi connectivity index (χ0n) is 12.3. The molecule has 2 fully saturated rings. The average molecular weight is 282 g/mol. The highest BCUT2D eigenvalue weighted by atomic mass is 16.4. The molecule has 3 N–H and O–H groups in total. The molecule has 5 nitrogen and oxygen atoms in total. The van der Waals surface area contributed by atoms with Gasteiger partial charge in [0.2, 0.25) is 0 Å². The first-order chi connectivity index (χ1) is 9.46. The molecule has 0 aromatic heterocycles. The monoisotopic (exact) mass is 282 g/mol. The van der Waals surface area contributed by atoms with Crippen molar-refractivity contribution < 1.29 is 14.7 Å². The topological polar surface area (TPSA) is 78.4 Å². The minimum atomic E-state index is -1.07. The second-order valence-electron chi connectivity index (χ2n) is 6.65. The Balaban J connectivity index is 2.00. The largest absolute Gasteiger partial charge is 0.480 e. The Labute approximate surface area is 120 Å². The van der Waals surface area contributed by atoms with Gasteiger partial charge in [-0.1, -0.05) is 38.5 Å². The number of carbonyl (C=O) groups excluding carboxylic acids is 1. The molecule has 2 amide bonds. The summed E-state index contributed by atoms with van der Waals surface area (Å²) in [7, 11) is 0. The van der Waals surface area contributed by atoms with Gasteiger partial charge >= 0.3 is 12.0 Å². The summed E-state index contributed by atoms with van der Waals surface area (Å²) in [6.45, 7) is 2.04. The molecule has 0 unspecified atom stereocenters. The van der Waals surface area contributed by atoms with Gasteiger partial charge in [0.25, 0.3) is 0 Å². The Hall–Kier alpha value is -1.26. The fourth-order valence-electron chi connectivity index (χ4n) is 3.53. The summed E-state index contributed by atoms with van der Waals surface area (Å²) in [4.78, 5) is 23.8. The first kappa shape index (κ1) is 15.1. The quantitative estimate of drug-likeness (QED) is 0.696. The van der Waals surface area contributed by atoms with Crippen LogP contribution in [0.1, 0.15) is 71.1 Å². The molecule has 0 saturated heterocycles. The highest BCUT2D eigenvalue weighted by molar-refractivity contribution is 5.86. The zero-order chi connectivity index (χ0) is 14.6. The number of aliphatic carboxylic acids is 1. The maximum atomic E-state index is 12.2. The molecule has 2 rings (SSSR count). The molecule has 2 saturated carbocycles. The van der Waals surface area contributed by atoms with E-state index in [1.54, 1.807) is 0 Å². The van der Waals surface area contributed by atoms with Gasteiger partial charge in [-0.05, 0) is 32.6 Å². The van der Waals surface area contributed by atoms with Crippen LogP contribution in [0, 0.1) is 0 Å². The average Bonchev–Trinajstić information content (AvgIpc) is 2.64. The lowest BCUT2D eigenvalue weighted by atomic mass is 9.90. The van der Waals surface area contributed by atoms with Crippen molar-refractivity contribution in [1.82, 2.24) is 10.6 Å². The van der Waals surface area contributed by atoms with E-state index in [2.05, 4.69) is 10.6 Å². The second kappa shape index (κ2) is 6.02. The minimum absolute atomic E-state index is 0.172. The molecule has 0 heterocycles. The number of rotatable bonds is 3. The standard InChI is InChI=1S/C15H26N2O3/c1-14(8-6-7-9-14)16-13(20)17-15(12(18)19)10-4-2-3-5-11-15/h2-11H2,1H3,(H,18,19)(H2,16,17,20). The van der Waals surface area contributed by atoms with Crippen molar-refractivity contribution in [3.63, 3.8) is 0 Å². The van der Waals surface area contributed by atoms with Crippen molar-refractivity contribution in [3.8, 4) is 0 Å². The lowest BCUT2D eigenvalue weighted by Gasteiger charge is -2.32. The summed E-state index contributed by atoms with van der Waals surface area (Å²) in [6.07, 6.45) is 9.10. The molecule has 0 radical (unpaired) electrons.